The van der Waals surface area contributed by atoms with Gasteiger partial charge in [0.1, 0.15) is 6.33 Å². The Labute approximate surface area is 127 Å². The van der Waals surface area contributed by atoms with Crippen LogP contribution in [-0.4, -0.2) is 54.7 Å². The van der Waals surface area contributed by atoms with Crippen molar-refractivity contribution in [1.29, 1.82) is 0 Å². The number of likely N-dealkylation sites (tertiary alicyclic amines) is 1. The molecule has 0 bridgehead atoms. The molecule has 1 aliphatic heterocycles. The first kappa shape index (κ1) is 15.8. The van der Waals surface area contributed by atoms with E-state index in [1.807, 2.05) is 7.05 Å². The molecule has 0 amide bonds. The van der Waals surface area contributed by atoms with Crippen molar-refractivity contribution in [1.82, 2.24) is 14.9 Å². The highest BCUT2D eigenvalue weighted by molar-refractivity contribution is 5.63. The summed E-state index contributed by atoms with van der Waals surface area (Å²) < 4.78 is 5.37. The second kappa shape index (κ2) is 8.02. The van der Waals surface area contributed by atoms with Crippen LogP contribution in [0.1, 0.15) is 32.6 Å². The summed E-state index contributed by atoms with van der Waals surface area (Å²) in [6.45, 7) is 5.60. The smallest absolute Gasteiger partial charge is 0.204 e. The van der Waals surface area contributed by atoms with Gasteiger partial charge in [-0.05, 0) is 32.7 Å². The summed E-state index contributed by atoms with van der Waals surface area (Å²) in [6, 6.07) is 0.725. The van der Waals surface area contributed by atoms with E-state index in [0.29, 0.717) is 11.6 Å². The normalized spacial score (nSPS) is 19.3. The molecule has 0 aromatic carbocycles. The third-order valence-electron chi connectivity index (χ3n) is 4.10. The molecule has 2 rings (SSSR count). The van der Waals surface area contributed by atoms with Gasteiger partial charge in [-0.15, -0.1) is 0 Å². The lowest BCUT2D eigenvalue weighted by Crippen LogP contribution is -2.38. The minimum Gasteiger partial charge on any atom is -0.490 e. The lowest BCUT2D eigenvalue weighted by Gasteiger charge is -2.33. The molecule has 1 fully saturated rings. The molecule has 21 heavy (non-hydrogen) atoms. The number of anilines is 2. The minimum absolute atomic E-state index is 0.673. The number of methoxy groups -OCH3 is 1. The van der Waals surface area contributed by atoms with Crippen LogP contribution in [0.4, 0.5) is 11.6 Å². The van der Waals surface area contributed by atoms with Crippen LogP contribution in [0.3, 0.4) is 0 Å². The Morgan fingerprint density at radius 3 is 2.86 bits per heavy atom. The fraction of sp³-hybridized carbons (Fsp3) is 0.733. The van der Waals surface area contributed by atoms with Gasteiger partial charge in [0, 0.05) is 26.2 Å². The molecule has 1 aromatic heterocycles. The Morgan fingerprint density at radius 2 is 2.14 bits per heavy atom. The molecular weight excluding hydrogens is 266 g/mol. The van der Waals surface area contributed by atoms with Crippen LogP contribution < -0.4 is 15.4 Å². The molecule has 0 saturated carbocycles. The summed E-state index contributed by atoms with van der Waals surface area (Å²) >= 11 is 0. The van der Waals surface area contributed by atoms with Crippen LogP contribution in [0.5, 0.6) is 5.75 Å². The number of ether oxygens (including phenoxy) is 1. The van der Waals surface area contributed by atoms with Crippen LogP contribution in [0.15, 0.2) is 6.33 Å². The first-order chi connectivity index (χ1) is 10.3. The summed E-state index contributed by atoms with van der Waals surface area (Å²) in [5.74, 6) is 2.13. The number of piperidine rings is 1. The Bertz CT molecular complexity index is 440. The molecule has 118 valence electrons. The fourth-order valence-corrected chi connectivity index (χ4v) is 2.85. The molecule has 6 nitrogen and oxygen atoms in total. The van der Waals surface area contributed by atoms with Crippen LogP contribution >= 0.6 is 0 Å². The SMILES string of the molecule is CNc1ncnc(NCCCN2CCCCC2C)c1OC. The molecule has 1 aliphatic rings. The zero-order valence-corrected chi connectivity index (χ0v) is 13.4. The van der Waals surface area contributed by atoms with Crippen molar-refractivity contribution in [3.8, 4) is 5.75 Å². The van der Waals surface area contributed by atoms with Crippen molar-refractivity contribution in [2.75, 3.05) is 44.4 Å². The van der Waals surface area contributed by atoms with Crippen molar-refractivity contribution in [2.24, 2.45) is 0 Å². The molecular formula is C15H27N5O. The molecule has 1 saturated heterocycles. The molecule has 2 heterocycles. The highest BCUT2D eigenvalue weighted by Gasteiger charge is 2.17. The maximum absolute atomic E-state index is 5.37. The Kier molecular flexibility index (Phi) is 6.04. The summed E-state index contributed by atoms with van der Waals surface area (Å²) in [5, 5.41) is 6.36. The summed E-state index contributed by atoms with van der Waals surface area (Å²) in [4.78, 5) is 11.0. The van der Waals surface area contributed by atoms with E-state index < -0.39 is 0 Å². The molecule has 2 N–H and O–H groups in total. The third kappa shape index (κ3) is 4.20. The van der Waals surface area contributed by atoms with E-state index in [4.69, 9.17) is 4.74 Å². The van der Waals surface area contributed by atoms with E-state index in [2.05, 4.69) is 32.4 Å². The molecule has 1 unspecified atom stereocenters. The monoisotopic (exact) mass is 293 g/mol. The van der Waals surface area contributed by atoms with E-state index in [1.54, 1.807) is 13.4 Å². The summed E-state index contributed by atoms with van der Waals surface area (Å²) in [5.41, 5.74) is 0. The van der Waals surface area contributed by atoms with Crippen LogP contribution in [0.2, 0.25) is 0 Å². The van der Waals surface area contributed by atoms with Gasteiger partial charge in [-0.3, -0.25) is 0 Å². The lowest BCUT2D eigenvalue weighted by molar-refractivity contribution is 0.160. The highest BCUT2D eigenvalue weighted by Crippen LogP contribution is 2.28. The van der Waals surface area contributed by atoms with Gasteiger partial charge in [0.15, 0.2) is 11.6 Å². The largest absolute Gasteiger partial charge is 0.490 e. The number of nitrogens with one attached hydrogen (secondary N) is 2. The second-order valence-corrected chi connectivity index (χ2v) is 5.52. The average molecular weight is 293 g/mol. The highest BCUT2D eigenvalue weighted by atomic mass is 16.5. The maximum atomic E-state index is 5.37. The maximum Gasteiger partial charge on any atom is 0.204 e. The van der Waals surface area contributed by atoms with Gasteiger partial charge in [0.05, 0.1) is 7.11 Å². The van der Waals surface area contributed by atoms with E-state index >= 15 is 0 Å². The molecule has 1 atom stereocenters. The number of hydrogen-bond acceptors (Lipinski definition) is 6. The zero-order chi connectivity index (χ0) is 15.1. The molecule has 1 aromatic rings. The molecule has 0 spiro atoms. The van der Waals surface area contributed by atoms with Gasteiger partial charge < -0.3 is 20.3 Å². The second-order valence-electron chi connectivity index (χ2n) is 5.52. The van der Waals surface area contributed by atoms with Crippen molar-refractivity contribution >= 4 is 11.6 Å². The van der Waals surface area contributed by atoms with E-state index in [-0.39, 0.29) is 0 Å². The first-order valence-electron chi connectivity index (χ1n) is 7.81. The average Bonchev–Trinajstić information content (AvgIpc) is 2.52. The molecule has 6 heteroatoms. The zero-order valence-electron chi connectivity index (χ0n) is 13.4. The third-order valence-corrected chi connectivity index (χ3v) is 4.10. The van der Waals surface area contributed by atoms with E-state index in [0.717, 1.165) is 31.4 Å². The van der Waals surface area contributed by atoms with Crippen molar-refractivity contribution in [3.05, 3.63) is 6.33 Å². The first-order valence-corrected chi connectivity index (χ1v) is 7.81. The van der Waals surface area contributed by atoms with Gasteiger partial charge in [-0.2, -0.15) is 0 Å². The van der Waals surface area contributed by atoms with E-state index in [1.165, 1.54) is 25.8 Å². The Hall–Kier alpha value is -1.56. The van der Waals surface area contributed by atoms with Gasteiger partial charge in [0.2, 0.25) is 5.75 Å². The van der Waals surface area contributed by atoms with Crippen molar-refractivity contribution < 1.29 is 4.74 Å². The summed E-state index contributed by atoms with van der Waals surface area (Å²) in [6.07, 6.45) is 6.69. The fourth-order valence-electron chi connectivity index (χ4n) is 2.85. The number of aromatic nitrogens is 2. The van der Waals surface area contributed by atoms with Crippen LogP contribution in [0.25, 0.3) is 0 Å². The van der Waals surface area contributed by atoms with Gasteiger partial charge in [0.25, 0.3) is 0 Å². The topological polar surface area (TPSA) is 62.3 Å². The van der Waals surface area contributed by atoms with Crippen LogP contribution in [0, 0.1) is 0 Å². The van der Waals surface area contributed by atoms with Gasteiger partial charge in [-0.25, -0.2) is 9.97 Å². The van der Waals surface area contributed by atoms with Crippen molar-refractivity contribution in [2.45, 2.75) is 38.6 Å². The van der Waals surface area contributed by atoms with Crippen LogP contribution in [-0.2, 0) is 0 Å². The predicted molar refractivity (Wildman–Crippen MR) is 86.1 cm³/mol. The van der Waals surface area contributed by atoms with Gasteiger partial charge >= 0.3 is 0 Å². The Balaban J connectivity index is 1.80. The van der Waals surface area contributed by atoms with Gasteiger partial charge in [-0.1, -0.05) is 6.42 Å². The Morgan fingerprint density at radius 1 is 1.33 bits per heavy atom. The minimum atomic E-state index is 0.673. The van der Waals surface area contributed by atoms with E-state index in [9.17, 15) is 0 Å². The lowest BCUT2D eigenvalue weighted by atomic mass is 10.0. The standard InChI is InChI=1S/C15H27N5O/c1-12-7-4-5-9-20(12)10-6-8-17-15-13(21-3)14(16-2)18-11-19-15/h11-12H,4-10H2,1-3H3,(H2,16,17,18,19). The number of hydrogen-bond donors (Lipinski definition) is 2. The quantitative estimate of drug-likeness (QED) is 0.752. The molecule has 0 radical (unpaired) electrons. The number of nitrogens with zero attached hydrogens (tertiary/aromatic N) is 3. The van der Waals surface area contributed by atoms with Crippen molar-refractivity contribution in [3.63, 3.8) is 0 Å². The number of rotatable bonds is 7. The predicted octanol–water partition coefficient (Wildman–Crippen LogP) is 2.20. The molecule has 0 aliphatic carbocycles. The summed E-state index contributed by atoms with van der Waals surface area (Å²) in [7, 11) is 3.46.